The van der Waals surface area contributed by atoms with Crippen LogP contribution in [0.4, 0.5) is 4.79 Å². The molecular formula is C14H19NO5S. The predicted octanol–water partition coefficient (Wildman–Crippen LogP) is 1.93. The highest BCUT2D eigenvalue weighted by molar-refractivity contribution is 7.86. The minimum Gasteiger partial charge on any atom is -0.453 e. The Bertz CT molecular complexity index is 596. The monoisotopic (exact) mass is 313 g/mol. The van der Waals surface area contributed by atoms with E-state index in [9.17, 15) is 13.2 Å². The number of benzene rings is 1. The Labute approximate surface area is 124 Å². The highest BCUT2D eigenvalue weighted by Crippen LogP contribution is 2.21. The van der Waals surface area contributed by atoms with Crippen LogP contribution < -0.4 is 0 Å². The third-order valence-corrected chi connectivity index (χ3v) is 4.81. The number of ether oxygens (including phenoxy) is 1. The number of nitrogens with zero attached hydrogens (tertiary/aromatic N) is 1. The normalized spacial score (nSPS) is 18.8. The Morgan fingerprint density at radius 1 is 1.33 bits per heavy atom. The molecule has 1 aliphatic heterocycles. The van der Waals surface area contributed by atoms with E-state index in [0.717, 1.165) is 12.0 Å². The molecule has 1 amide bonds. The zero-order chi connectivity index (χ0) is 15.5. The lowest BCUT2D eigenvalue weighted by Gasteiger charge is -2.22. The van der Waals surface area contributed by atoms with Crippen LogP contribution >= 0.6 is 0 Å². The molecule has 6 nitrogen and oxygen atoms in total. The Kier molecular flexibility index (Phi) is 4.84. The summed E-state index contributed by atoms with van der Waals surface area (Å²) in [6, 6.07) is 6.19. The van der Waals surface area contributed by atoms with Gasteiger partial charge in [-0.2, -0.15) is 8.42 Å². The molecule has 0 saturated carbocycles. The number of hydrogen-bond donors (Lipinski definition) is 0. The Hall–Kier alpha value is -1.60. The number of rotatable bonds is 4. The Morgan fingerprint density at radius 2 is 2.00 bits per heavy atom. The van der Waals surface area contributed by atoms with Crippen LogP contribution in [0.25, 0.3) is 0 Å². The number of methoxy groups -OCH3 is 1. The molecule has 1 unspecified atom stereocenters. The first kappa shape index (κ1) is 15.8. The van der Waals surface area contributed by atoms with Gasteiger partial charge in [0.2, 0.25) is 0 Å². The number of likely N-dealkylation sites (tertiary alicyclic amines) is 1. The molecule has 0 N–H and O–H groups in total. The predicted molar refractivity (Wildman–Crippen MR) is 76.4 cm³/mol. The molecule has 21 heavy (non-hydrogen) atoms. The van der Waals surface area contributed by atoms with Crippen LogP contribution in [0.1, 0.15) is 18.4 Å². The fraction of sp³-hybridized carbons (Fsp3) is 0.500. The van der Waals surface area contributed by atoms with Gasteiger partial charge in [-0.1, -0.05) is 17.7 Å². The quantitative estimate of drug-likeness (QED) is 0.794. The van der Waals surface area contributed by atoms with Crippen molar-refractivity contribution in [3.8, 4) is 0 Å². The van der Waals surface area contributed by atoms with Crippen molar-refractivity contribution in [3.63, 3.8) is 0 Å². The van der Waals surface area contributed by atoms with Gasteiger partial charge in [-0.15, -0.1) is 0 Å². The molecule has 0 aromatic heterocycles. The second-order valence-corrected chi connectivity index (χ2v) is 6.63. The van der Waals surface area contributed by atoms with Crippen LogP contribution in [0.5, 0.6) is 0 Å². The van der Waals surface area contributed by atoms with Gasteiger partial charge in [0.05, 0.1) is 24.7 Å². The van der Waals surface area contributed by atoms with Crippen molar-refractivity contribution in [2.24, 2.45) is 0 Å². The van der Waals surface area contributed by atoms with Gasteiger partial charge in [-0.25, -0.2) is 4.79 Å². The number of amides is 1. The van der Waals surface area contributed by atoms with Crippen LogP contribution in [0.3, 0.4) is 0 Å². The van der Waals surface area contributed by atoms with Crippen molar-refractivity contribution in [1.29, 1.82) is 0 Å². The van der Waals surface area contributed by atoms with E-state index in [2.05, 4.69) is 4.74 Å². The summed E-state index contributed by atoms with van der Waals surface area (Å²) < 4.78 is 33.9. The minimum absolute atomic E-state index is 0.0503. The molecule has 1 saturated heterocycles. The zero-order valence-corrected chi connectivity index (χ0v) is 12.9. The van der Waals surface area contributed by atoms with Crippen LogP contribution in [0, 0.1) is 6.92 Å². The van der Waals surface area contributed by atoms with Gasteiger partial charge in [0.25, 0.3) is 10.1 Å². The molecule has 0 radical (unpaired) electrons. The van der Waals surface area contributed by atoms with Crippen molar-refractivity contribution >= 4 is 16.2 Å². The molecule has 7 heteroatoms. The first-order valence-electron chi connectivity index (χ1n) is 6.75. The fourth-order valence-corrected chi connectivity index (χ4v) is 3.25. The van der Waals surface area contributed by atoms with Crippen molar-refractivity contribution < 1.29 is 22.1 Å². The van der Waals surface area contributed by atoms with E-state index in [4.69, 9.17) is 4.18 Å². The number of aryl methyl sites for hydroxylation is 1. The summed E-state index contributed by atoms with van der Waals surface area (Å²) in [5.41, 5.74) is 0.974. The SMILES string of the molecule is COC(=O)N1CCCC1COS(=O)(=O)c1ccc(C)cc1. The molecule has 1 aromatic carbocycles. The summed E-state index contributed by atoms with van der Waals surface area (Å²) >= 11 is 0. The second-order valence-electron chi connectivity index (χ2n) is 5.01. The number of hydrogen-bond acceptors (Lipinski definition) is 5. The van der Waals surface area contributed by atoms with E-state index in [-0.39, 0.29) is 17.5 Å². The minimum atomic E-state index is -3.80. The third kappa shape index (κ3) is 3.74. The number of carbonyl (C=O) groups excluding carboxylic acids is 1. The lowest BCUT2D eigenvalue weighted by molar-refractivity contribution is 0.106. The molecule has 1 heterocycles. The van der Waals surface area contributed by atoms with Crippen LogP contribution in [-0.4, -0.2) is 45.7 Å². The topological polar surface area (TPSA) is 72.9 Å². The van der Waals surface area contributed by atoms with Crippen LogP contribution in [0.2, 0.25) is 0 Å². The van der Waals surface area contributed by atoms with Crippen LogP contribution in [-0.2, 0) is 19.0 Å². The van der Waals surface area contributed by atoms with Crippen LogP contribution in [0.15, 0.2) is 29.2 Å². The lowest BCUT2D eigenvalue weighted by Crippen LogP contribution is -2.38. The maximum Gasteiger partial charge on any atom is 0.409 e. The summed E-state index contributed by atoms with van der Waals surface area (Å²) in [6.07, 6.45) is 1.07. The zero-order valence-electron chi connectivity index (χ0n) is 12.1. The standard InChI is InChI=1S/C14H19NO5S/c1-11-5-7-13(8-6-11)21(17,18)20-10-12-4-3-9-15(12)14(16)19-2/h5-8,12H,3-4,9-10H2,1-2H3. The van der Waals surface area contributed by atoms with E-state index in [1.54, 1.807) is 12.1 Å². The summed E-state index contributed by atoms with van der Waals surface area (Å²) in [5.74, 6) is 0. The third-order valence-electron chi connectivity index (χ3n) is 3.51. The van der Waals surface area contributed by atoms with E-state index in [1.165, 1.54) is 24.1 Å². The van der Waals surface area contributed by atoms with E-state index in [0.29, 0.717) is 13.0 Å². The van der Waals surface area contributed by atoms with Gasteiger partial charge in [0.1, 0.15) is 0 Å². The van der Waals surface area contributed by atoms with Gasteiger partial charge < -0.3 is 9.64 Å². The first-order chi connectivity index (χ1) is 9.94. The van der Waals surface area contributed by atoms with Gasteiger partial charge >= 0.3 is 6.09 Å². The molecule has 0 spiro atoms. The Balaban J connectivity index is 2.01. The molecule has 116 valence electrons. The van der Waals surface area contributed by atoms with Gasteiger partial charge in [0.15, 0.2) is 0 Å². The van der Waals surface area contributed by atoms with E-state index in [1.807, 2.05) is 6.92 Å². The average molecular weight is 313 g/mol. The second kappa shape index (κ2) is 6.44. The Morgan fingerprint density at radius 3 is 2.62 bits per heavy atom. The lowest BCUT2D eigenvalue weighted by atomic mass is 10.2. The number of carbonyl (C=O) groups is 1. The van der Waals surface area contributed by atoms with Crippen molar-refractivity contribution in [2.45, 2.75) is 30.7 Å². The van der Waals surface area contributed by atoms with Crippen molar-refractivity contribution in [2.75, 3.05) is 20.3 Å². The molecule has 2 rings (SSSR count). The summed E-state index contributed by atoms with van der Waals surface area (Å²) in [6.45, 7) is 2.39. The molecule has 1 fully saturated rings. The molecule has 1 aliphatic rings. The van der Waals surface area contributed by atoms with Gasteiger partial charge in [-0.3, -0.25) is 4.18 Å². The van der Waals surface area contributed by atoms with Gasteiger partial charge in [0, 0.05) is 6.54 Å². The van der Waals surface area contributed by atoms with Crippen molar-refractivity contribution in [3.05, 3.63) is 29.8 Å². The highest BCUT2D eigenvalue weighted by atomic mass is 32.2. The molecular weight excluding hydrogens is 294 g/mol. The summed E-state index contributed by atoms with van der Waals surface area (Å²) in [4.78, 5) is 13.2. The largest absolute Gasteiger partial charge is 0.453 e. The maximum atomic E-state index is 12.1. The highest BCUT2D eigenvalue weighted by Gasteiger charge is 2.31. The molecule has 1 atom stereocenters. The summed E-state index contributed by atoms with van der Waals surface area (Å²) in [5, 5.41) is 0. The maximum absolute atomic E-state index is 12.1. The smallest absolute Gasteiger partial charge is 0.409 e. The van der Waals surface area contributed by atoms with E-state index >= 15 is 0 Å². The fourth-order valence-electron chi connectivity index (χ4n) is 2.31. The molecule has 1 aromatic rings. The van der Waals surface area contributed by atoms with E-state index < -0.39 is 16.2 Å². The van der Waals surface area contributed by atoms with Gasteiger partial charge in [-0.05, 0) is 31.9 Å². The first-order valence-corrected chi connectivity index (χ1v) is 8.15. The average Bonchev–Trinajstić information content (AvgIpc) is 2.93. The molecule has 0 bridgehead atoms. The summed E-state index contributed by atoms with van der Waals surface area (Å²) in [7, 11) is -2.49. The van der Waals surface area contributed by atoms with Crippen molar-refractivity contribution in [1.82, 2.24) is 4.90 Å². The molecule has 0 aliphatic carbocycles.